The number of ether oxygens (including phenoxy) is 3. The Morgan fingerprint density at radius 3 is 2.64 bits per heavy atom. The van der Waals surface area contributed by atoms with Gasteiger partial charge in [0.25, 0.3) is 5.56 Å². The van der Waals surface area contributed by atoms with Gasteiger partial charge in [0.1, 0.15) is 18.3 Å². The van der Waals surface area contributed by atoms with Gasteiger partial charge in [-0.3, -0.25) is 9.36 Å². The lowest BCUT2D eigenvalue weighted by Gasteiger charge is -2.18. The molecule has 2 saturated heterocycles. The van der Waals surface area contributed by atoms with Gasteiger partial charge in [-0.1, -0.05) is 0 Å². The van der Waals surface area contributed by atoms with Crippen LogP contribution in [0.3, 0.4) is 0 Å². The summed E-state index contributed by atoms with van der Waals surface area (Å²) in [6.45, 7) is 0.178. The van der Waals surface area contributed by atoms with Crippen LogP contribution in [-0.2, 0) is 14.2 Å². The Bertz CT molecular complexity index is 845. The van der Waals surface area contributed by atoms with Crippen LogP contribution < -0.4 is 11.3 Å². The molecular formula is C13H17N5O7. The number of rotatable bonds is 3. The van der Waals surface area contributed by atoms with Crippen molar-refractivity contribution in [1.29, 1.82) is 0 Å². The molecule has 5 N–H and O–H groups in total. The lowest BCUT2D eigenvalue weighted by Crippen LogP contribution is -2.33. The fourth-order valence-electron chi connectivity index (χ4n) is 2.99. The van der Waals surface area contributed by atoms with E-state index in [4.69, 9.17) is 19.9 Å². The van der Waals surface area contributed by atoms with Crippen molar-refractivity contribution in [2.24, 2.45) is 0 Å². The zero-order valence-corrected chi connectivity index (χ0v) is 12.9. The predicted octanol–water partition coefficient (Wildman–Crippen LogP) is -2.71. The predicted molar refractivity (Wildman–Crippen MR) is 80.2 cm³/mol. The van der Waals surface area contributed by atoms with E-state index in [1.54, 1.807) is 0 Å². The first-order valence-electron chi connectivity index (χ1n) is 7.63. The molecule has 2 fully saturated rings. The molecule has 25 heavy (non-hydrogen) atoms. The number of nitrogens with two attached hydrogens (primary N) is 1. The summed E-state index contributed by atoms with van der Waals surface area (Å²) in [5.41, 5.74) is 5.35. The fraction of sp³-hybridized carbons (Fsp3) is 0.615. The first-order valence-corrected chi connectivity index (χ1v) is 7.63. The highest BCUT2D eigenvalue weighted by Gasteiger charge is 2.44. The summed E-state index contributed by atoms with van der Waals surface area (Å²) >= 11 is 0. The fourth-order valence-corrected chi connectivity index (χ4v) is 2.99. The standard InChI is InChI=1S/C13H17N5O7/c14-12-16-9-6(10(22)18(12)13-23-1-2-24-13)15-4-17(9)11-8(21)7(20)5(3-19)25-11/h4-5,7-8,11,13,19-21H,1-3H2,(H2,14,16)/t5-,7?,8?,11-/m1/s1. The van der Waals surface area contributed by atoms with E-state index >= 15 is 0 Å². The summed E-state index contributed by atoms with van der Waals surface area (Å²) < 4.78 is 18.3. The number of imidazole rings is 1. The summed E-state index contributed by atoms with van der Waals surface area (Å²) in [5.74, 6) is -0.155. The highest BCUT2D eigenvalue weighted by atomic mass is 16.7. The Balaban J connectivity index is 1.79. The molecule has 0 spiro atoms. The largest absolute Gasteiger partial charge is 0.394 e. The van der Waals surface area contributed by atoms with Crippen LogP contribution in [0, 0.1) is 0 Å². The number of hydrogen-bond acceptors (Lipinski definition) is 10. The van der Waals surface area contributed by atoms with Crippen molar-refractivity contribution < 1.29 is 29.5 Å². The quantitative estimate of drug-likeness (QED) is 0.454. The van der Waals surface area contributed by atoms with E-state index in [0.29, 0.717) is 13.2 Å². The minimum atomic E-state index is -1.33. The van der Waals surface area contributed by atoms with Gasteiger partial charge in [-0.2, -0.15) is 4.98 Å². The van der Waals surface area contributed by atoms with Crippen molar-refractivity contribution in [1.82, 2.24) is 19.1 Å². The first kappa shape index (κ1) is 16.4. The molecule has 4 atom stereocenters. The molecule has 12 nitrogen and oxygen atoms in total. The van der Waals surface area contributed by atoms with Gasteiger partial charge in [0.05, 0.1) is 26.1 Å². The number of anilines is 1. The van der Waals surface area contributed by atoms with Gasteiger partial charge in [0.15, 0.2) is 17.4 Å². The van der Waals surface area contributed by atoms with Gasteiger partial charge in [-0.05, 0) is 0 Å². The molecule has 136 valence electrons. The number of aromatic nitrogens is 4. The van der Waals surface area contributed by atoms with Crippen molar-refractivity contribution in [2.45, 2.75) is 31.0 Å². The van der Waals surface area contributed by atoms with E-state index in [9.17, 15) is 20.1 Å². The van der Waals surface area contributed by atoms with Gasteiger partial charge >= 0.3 is 0 Å². The molecule has 2 unspecified atom stereocenters. The van der Waals surface area contributed by atoms with E-state index in [1.807, 2.05) is 0 Å². The van der Waals surface area contributed by atoms with Gasteiger partial charge in [0, 0.05) is 0 Å². The van der Waals surface area contributed by atoms with E-state index < -0.39 is 43.1 Å². The van der Waals surface area contributed by atoms with Crippen LogP contribution in [0.4, 0.5) is 5.95 Å². The molecule has 0 amide bonds. The van der Waals surface area contributed by atoms with Crippen LogP contribution in [0.5, 0.6) is 0 Å². The lowest BCUT2D eigenvalue weighted by atomic mass is 10.1. The molecule has 2 aromatic heterocycles. The highest BCUT2D eigenvalue weighted by Crippen LogP contribution is 2.31. The second-order valence-electron chi connectivity index (χ2n) is 5.75. The lowest BCUT2D eigenvalue weighted by molar-refractivity contribution is -0.102. The van der Waals surface area contributed by atoms with E-state index in [-0.39, 0.29) is 17.1 Å². The van der Waals surface area contributed by atoms with Crippen LogP contribution in [-0.4, -0.2) is 72.6 Å². The molecule has 0 aromatic carbocycles. The average Bonchev–Trinajstić information content (AvgIpc) is 3.30. The third kappa shape index (κ3) is 2.42. The van der Waals surface area contributed by atoms with Gasteiger partial charge in [-0.15, -0.1) is 0 Å². The SMILES string of the molecule is Nc1nc2c(ncn2[C@@H]2O[C@H](CO)C(O)C2O)c(=O)n1C1OCCO1. The minimum Gasteiger partial charge on any atom is -0.394 e. The number of aliphatic hydroxyl groups excluding tert-OH is 3. The molecule has 2 aliphatic heterocycles. The number of nitrogen functional groups attached to an aromatic ring is 1. The monoisotopic (exact) mass is 355 g/mol. The minimum absolute atomic E-state index is 0.0222. The molecular weight excluding hydrogens is 338 g/mol. The maximum atomic E-state index is 12.6. The molecule has 4 rings (SSSR count). The maximum absolute atomic E-state index is 12.6. The Labute approximate surface area is 140 Å². The van der Waals surface area contributed by atoms with E-state index in [0.717, 1.165) is 4.57 Å². The molecule has 12 heteroatoms. The second kappa shape index (κ2) is 6.01. The topological polar surface area (TPSA) is 167 Å². The van der Waals surface area contributed by atoms with Crippen LogP contribution in [0.15, 0.2) is 11.1 Å². The summed E-state index contributed by atoms with van der Waals surface area (Å²) in [4.78, 5) is 20.8. The number of fused-ring (bicyclic) bond motifs is 1. The van der Waals surface area contributed by atoms with Crippen LogP contribution >= 0.6 is 0 Å². The highest BCUT2D eigenvalue weighted by molar-refractivity contribution is 5.71. The van der Waals surface area contributed by atoms with Gasteiger partial charge in [0.2, 0.25) is 12.4 Å². The van der Waals surface area contributed by atoms with Crippen molar-refractivity contribution in [2.75, 3.05) is 25.6 Å². The van der Waals surface area contributed by atoms with Gasteiger partial charge in [-0.25, -0.2) is 9.55 Å². The normalized spacial score (nSPS) is 30.5. The molecule has 4 heterocycles. The number of nitrogens with zero attached hydrogens (tertiary/aromatic N) is 4. The van der Waals surface area contributed by atoms with E-state index in [2.05, 4.69) is 9.97 Å². The molecule has 0 radical (unpaired) electrons. The zero-order chi connectivity index (χ0) is 17.7. The summed E-state index contributed by atoms with van der Waals surface area (Å²) in [5, 5.41) is 29.2. The zero-order valence-electron chi connectivity index (χ0n) is 12.9. The molecule has 0 aliphatic carbocycles. The Hall–Kier alpha value is -2.09. The third-order valence-electron chi connectivity index (χ3n) is 4.26. The van der Waals surface area contributed by atoms with Crippen LogP contribution in [0.1, 0.15) is 12.6 Å². The number of hydrogen-bond donors (Lipinski definition) is 4. The Kier molecular flexibility index (Phi) is 3.94. The van der Waals surface area contributed by atoms with Crippen molar-refractivity contribution >= 4 is 17.1 Å². The molecule has 2 aromatic rings. The molecule has 0 saturated carbocycles. The Morgan fingerprint density at radius 1 is 1.28 bits per heavy atom. The van der Waals surface area contributed by atoms with Gasteiger partial charge < -0.3 is 35.3 Å². The molecule has 0 bridgehead atoms. The maximum Gasteiger partial charge on any atom is 0.287 e. The van der Waals surface area contributed by atoms with Crippen molar-refractivity contribution in [3.05, 3.63) is 16.7 Å². The second-order valence-corrected chi connectivity index (χ2v) is 5.75. The van der Waals surface area contributed by atoms with Crippen molar-refractivity contribution in [3.8, 4) is 0 Å². The molecule has 2 aliphatic rings. The van der Waals surface area contributed by atoms with Crippen molar-refractivity contribution in [3.63, 3.8) is 0 Å². The van der Waals surface area contributed by atoms with E-state index in [1.165, 1.54) is 10.9 Å². The van der Waals surface area contributed by atoms with Crippen LogP contribution in [0.2, 0.25) is 0 Å². The first-order chi connectivity index (χ1) is 12.0. The van der Waals surface area contributed by atoms with Crippen LogP contribution in [0.25, 0.3) is 11.2 Å². The summed E-state index contributed by atoms with van der Waals surface area (Å²) in [6, 6.07) is 0. The Morgan fingerprint density at radius 2 is 2.00 bits per heavy atom. The number of aliphatic hydroxyl groups is 3. The average molecular weight is 355 g/mol. The summed E-state index contributed by atoms with van der Waals surface area (Å²) in [6.07, 6.45) is -4.37. The smallest absolute Gasteiger partial charge is 0.287 e. The summed E-state index contributed by atoms with van der Waals surface area (Å²) in [7, 11) is 0. The third-order valence-corrected chi connectivity index (χ3v) is 4.26.